The Labute approximate surface area is 218 Å². The third-order valence-corrected chi connectivity index (χ3v) is 7.78. The molecular formula is C29H41F3N2O3. The van der Waals surface area contributed by atoms with E-state index in [9.17, 15) is 22.8 Å². The number of carbonyl (C=O) groups is 2. The summed E-state index contributed by atoms with van der Waals surface area (Å²) in [6.45, 7) is 15.3. The van der Waals surface area contributed by atoms with Crippen molar-refractivity contribution < 1.29 is 27.5 Å². The largest absolute Gasteiger partial charge is 0.444 e. The predicted octanol–water partition coefficient (Wildman–Crippen LogP) is 7.45. The van der Waals surface area contributed by atoms with Crippen molar-refractivity contribution >= 4 is 11.9 Å². The molecule has 1 aromatic heterocycles. The monoisotopic (exact) mass is 522 g/mol. The van der Waals surface area contributed by atoms with Crippen LogP contribution in [0.2, 0.25) is 0 Å². The Morgan fingerprint density at radius 1 is 1.16 bits per heavy atom. The highest BCUT2D eigenvalue weighted by molar-refractivity contribution is 5.90. The second-order valence-corrected chi connectivity index (χ2v) is 12.6. The van der Waals surface area contributed by atoms with Gasteiger partial charge in [-0.15, -0.1) is 6.58 Å². The lowest BCUT2D eigenvalue weighted by atomic mass is 9.80. The minimum absolute atomic E-state index is 0.0804. The van der Waals surface area contributed by atoms with E-state index in [-0.39, 0.29) is 34.8 Å². The molecule has 2 aliphatic rings. The molecule has 1 amide bonds. The summed E-state index contributed by atoms with van der Waals surface area (Å²) in [5.41, 5.74) is -1.08. The van der Waals surface area contributed by atoms with Crippen LogP contribution in [-0.2, 0) is 22.1 Å². The number of halogens is 3. The normalized spacial score (nSPS) is 23.5. The third kappa shape index (κ3) is 7.14. The standard InChI is InChI=1S/C29H41F3N2O3/c1-8-9-13-27(6,7)14-10-15-28-17-21(34(24(28)18-28)25(36)37-26(3,4)5)22(35)16-20-19(2)11-12-23(33-20)29(30,31)32/h8,11-12,21,24H,1,9-10,13-18H2,2-7H3/t21-,24+,28-/m0/s1. The zero-order valence-corrected chi connectivity index (χ0v) is 23.0. The van der Waals surface area contributed by atoms with Crippen molar-refractivity contribution in [2.45, 2.75) is 117 Å². The fourth-order valence-electron chi connectivity index (χ4n) is 5.58. The molecule has 0 unspecified atom stereocenters. The summed E-state index contributed by atoms with van der Waals surface area (Å²) in [6.07, 6.45) is 2.84. The molecule has 1 saturated carbocycles. The summed E-state index contributed by atoms with van der Waals surface area (Å²) >= 11 is 0. The highest BCUT2D eigenvalue weighted by Crippen LogP contribution is 2.63. The van der Waals surface area contributed by atoms with Crippen LogP contribution >= 0.6 is 0 Å². The van der Waals surface area contributed by atoms with E-state index in [0.29, 0.717) is 12.0 Å². The number of pyridine rings is 1. The first-order valence-electron chi connectivity index (χ1n) is 13.2. The Hall–Kier alpha value is -2.38. The van der Waals surface area contributed by atoms with Crippen molar-refractivity contribution in [3.05, 3.63) is 41.7 Å². The topological polar surface area (TPSA) is 59.5 Å². The Morgan fingerprint density at radius 3 is 2.43 bits per heavy atom. The summed E-state index contributed by atoms with van der Waals surface area (Å²) in [6, 6.07) is 1.46. The van der Waals surface area contributed by atoms with E-state index in [1.54, 1.807) is 32.6 Å². The molecule has 2 heterocycles. The fraction of sp³-hybridized carbons (Fsp3) is 0.690. The number of carbonyl (C=O) groups excluding carboxylic acids is 2. The number of aryl methyl sites for hydroxylation is 1. The molecule has 3 atom stereocenters. The van der Waals surface area contributed by atoms with Crippen molar-refractivity contribution in [1.29, 1.82) is 0 Å². The quantitative estimate of drug-likeness (QED) is 0.300. The molecule has 1 saturated heterocycles. The zero-order valence-electron chi connectivity index (χ0n) is 23.0. The Bertz CT molecular complexity index is 1030. The molecule has 0 N–H and O–H groups in total. The van der Waals surface area contributed by atoms with Gasteiger partial charge in [0.2, 0.25) is 0 Å². The minimum atomic E-state index is -4.59. The number of ether oxygens (including phenoxy) is 1. The van der Waals surface area contributed by atoms with Crippen LogP contribution in [0.5, 0.6) is 0 Å². The second kappa shape index (κ2) is 10.4. The van der Waals surface area contributed by atoms with Crippen LogP contribution in [0.3, 0.4) is 0 Å². The third-order valence-electron chi connectivity index (χ3n) is 7.78. The number of hydrogen-bond donors (Lipinski definition) is 0. The van der Waals surface area contributed by atoms with Gasteiger partial charge in [-0.25, -0.2) is 9.78 Å². The number of allylic oxidation sites excluding steroid dienone is 1. The first kappa shape index (κ1) is 29.2. The van der Waals surface area contributed by atoms with Gasteiger partial charge in [0.05, 0.1) is 18.2 Å². The number of piperidine rings is 1. The maximum absolute atomic E-state index is 13.5. The van der Waals surface area contributed by atoms with Crippen LogP contribution in [0.1, 0.15) is 96.5 Å². The number of amides is 1. The number of hydrogen-bond acceptors (Lipinski definition) is 4. The Balaban J connectivity index is 1.77. The van der Waals surface area contributed by atoms with E-state index >= 15 is 0 Å². The van der Waals surface area contributed by atoms with Crippen molar-refractivity contribution in [3.8, 4) is 0 Å². The molecular weight excluding hydrogens is 481 g/mol. The molecule has 0 aromatic carbocycles. The van der Waals surface area contributed by atoms with Crippen molar-refractivity contribution in [3.63, 3.8) is 0 Å². The lowest BCUT2D eigenvalue weighted by molar-refractivity contribution is -0.141. The highest BCUT2D eigenvalue weighted by atomic mass is 19.4. The summed E-state index contributed by atoms with van der Waals surface area (Å²) in [5.74, 6) is -0.293. The number of likely N-dealkylation sites (tertiary alicyclic amines) is 1. The van der Waals surface area contributed by atoms with E-state index in [1.165, 1.54) is 6.07 Å². The average molecular weight is 523 g/mol. The van der Waals surface area contributed by atoms with E-state index in [4.69, 9.17) is 4.74 Å². The Kier molecular flexibility index (Phi) is 8.21. The summed E-state index contributed by atoms with van der Waals surface area (Å²) < 4.78 is 45.3. The van der Waals surface area contributed by atoms with Gasteiger partial charge in [-0.3, -0.25) is 9.69 Å². The molecule has 2 fully saturated rings. The molecule has 1 aliphatic heterocycles. The average Bonchev–Trinajstić information content (AvgIpc) is 3.34. The number of rotatable bonds is 10. The number of fused-ring (bicyclic) bond motifs is 1. The molecule has 0 radical (unpaired) electrons. The van der Waals surface area contributed by atoms with Gasteiger partial charge < -0.3 is 4.74 Å². The van der Waals surface area contributed by atoms with Crippen LogP contribution < -0.4 is 0 Å². The first-order chi connectivity index (χ1) is 17.0. The summed E-state index contributed by atoms with van der Waals surface area (Å²) in [4.78, 5) is 32.0. The molecule has 1 aromatic rings. The molecule has 206 valence electrons. The SMILES string of the molecule is C=CCCC(C)(C)CCC[C@@]12C[C@@H](C(=O)Cc3nc(C(F)(F)F)ccc3C)N(C(=O)OC(C)(C)C)[C@@H]1C2. The van der Waals surface area contributed by atoms with E-state index in [1.807, 2.05) is 6.08 Å². The smallest absolute Gasteiger partial charge is 0.433 e. The Morgan fingerprint density at radius 2 is 1.84 bits per heavy atom. The van der Waals surface area contributed by atoms with Gasteiger partial charge in [0.1, 0.15) is 11.3 Å². The minimum Gasteiger partial charge on any atom is -0.444 e. The second-order valence-electron chi connectivity index (χ2n) is 12.6. The van der Waals surface area contributed by atoms with Gasteiger partial charge in [0.25, 0.3) is 0 Å². The maximum atomic E-state index is 13.5. The number of Topliss-reactive ketones (excluding diaryl/α,β-unsaturated/α-hetero) is 1. The summed E-state index contributed by atoms with van der Waals surface area (Å²) in [5, 5.41) is 0. The number of alkyl halides is 3. The van der Waals surface area contributed by atoms with Crippen molar-refractivity contribution in [2.24, 2.45) is 10.8 Å². The van der Waals surface area contributed by atoms with Crippen LogP contribution in [0.25, 0.3) is 0 Å². The van der Waals surface area contributed by atoms with Gasteiger partial charge in [-0.05, 0) is 88.7 Å². The lowest BCUT2D eigenvalue weighted by Crippen LogP contribution is -2.46. The maximum Gasteiger partial charge on any atom is 0.433 e. The molecule has 37 heavy (non-hydrogen) atoms. The molecule has 3 rings (SSSR count). The van der Waals surface area contributed by atoms with Gasteiger partial charge in [0, 0.05) is 6.04 Å². The molecule has 0 spiro atoms. The zero-order chi connectivity index (χ0) is 27.8. The van der Waals surface area contributed by atoms with Gasteiger partial charge in [0.15, 0.2) is 5.78 Å². The molecule has 0 bridgehead atoms. The molecule has 5 nitrogen and oxygen atoms in total. The fourth-order valence-corrected chi connectivity index (χ4v) is 5.58. The number of nitrogens with zero attached hydrogens (tertiary/aromatic N) is 2. The first-order valence-corrected chi connectivity index (χ1v) is 13.2. The van der Waals surface area contributed by atoms with Crippen LogP contribution in [0.4, 0.5) is 18.0 Å². The van der Waals surface area contributed by atoms with Gasteiger partial charge in [-0.2, -0.15) is 13.2 Å². The molecule has 8 heteroatoms. The van der Waals surface area contributed by atoms with Crippen LogP contribution in [0.15, 0.2) is 24.8 Å². The van der Waals surface area contributed by atoms with Gasteiger partial charge >= 0.3 is 12.3 Å². The van der Waals surface area contributed by atoms with E-state index in [2.05, 4.69) is 25.4 Å². The number of aromatic nitrogens is 1. The lowest BCUT2D eigenvalue weighted by Gasteiger charge is -2.30. The summed E-state index contributed by atoms with van der Waals surface area (Å²) in [7, 11) is 0. The van der Waals surface area contributed by atoms with E-state index in [0.717, 1.165) is 44.6 Å². The van der Waals surface area contributed by atoms with Crippen molar-refractivity contribution in [1.82, 2.24) is 9.88 Å². The number of ketones is 1. The predicted molar refractivity (Wildman–Crippen MR) is 137 cm³/mol. The highest BCUT2D eigenvalue weighted by Gasteiger charge is 2.67. The van der Waals surface area contributed by atoms with Crippen molar-refractivity contribution in [2.75, 3.05) is 0 Å². The molecule has 1 aliphatic carbocycles. The van der Waals surface area contributed by atoms with Gasteiger partial charge in [-0.1, -0.05) is 32.4 Å². The van der Waals surface area contributed by atoms with E-state index < -0.39 is 29.6 Å². The van der Waals surface area contributed by atoms with Crippen LogP contribution in [-0.4, -0.2) is 39.4 Å². The van der Waals surface area contributed by atoms with Crippen LogP contribution in [0, 0.1) is 17.8 Å².